The van der Waals surface area contributed by atoms with Crippen LogP contribution in [0.2, 0.25) is 0 Å². The highest BCUT2D eigenvalue weighted by atomic mass is 127. The number of benzene rings is 1. The van der Waals surface area contributed by atoms with Gasteiger partial charge in [0.2, 0.25) is 0 Å². The molecule has 0 aliphatic heterocycles. The minimum Gasteiger partial charge on any atom is -0.507 e. The normalized spacial score (nSPS) is 12.8. The second-order valence-corrected chi connectivity index (χ2v) is 4.56. The van der Waals surface area contributed by atoms with Gasteiger partial charge in [-0.1, -0.05) is 26.3 Å². The SMILES string of the molecule is CCCC(C)c1ccc(I)c(O)c1. The molecule has 0 radical (unpaired) electrons. The van der Waals surface area contributed by atoms with Crippen molar-refractivity contribution < 1.29 is 5.11 Å². The van der Waals surface area contributed by atoms with Crippen molar-refractivity contribution in [1.29, 1.82) is 0 Å². The van der Waals surface area contributed by atoms with Gasteiger partial charge in [-0.25, -0.2) is 0 Å². The molecule has 1 aromatic carbocycles. The molecule has 0 saturated carbocycles. The first-order valence-electron chi connectivity index (χ1n) is 4.63. The van der Waals surface area contributed by atoms with Crippen LogP contribution in [-0.4, -0.2) is 5.11 Å². The third kappa shape index (κ3) is 2.86. The van der Waals surface area contributed by atoms with E-state index in [2.05, 4.69) is 42.5 Å². The van der Waals surface area contributed by atoms with E-state index in [1.807, 2.05) is 12.1 Å². The Bertz CT molecular complexity index is 283. The largest absolute Gasteiger partial charge is 0.507 e. The minimum atomic E-state index is 0.404. The van der Waals surface area contributed by atoms with E-state index in [4.69, 9.17) is 0 Å². The van der Waals surface area contributed by atoms with Gasteiger partial charge in [0.05, 0.1) is 3.57 Å². The van der Waals surface area contributed by atoms with E-state index in [1.165, 1.54) is 18.4 Å². The number of halogens is 1. The lowest BCUT2D eigenvalue weighted by molar-refractivity contribution is 0.469. The van der Waals surface area contributed by atoms with Crippen LogP contribution in [0.1, 0.15) is 38.2 Å². The Morgan fingerprint density at radius 3 is 2.69 bits per heavy atom. The first kappa shape index (κ1) is 10.8. The van der Waals surface area contributed by atoms with Crippen LogP contribution in [0, 0.1) is 3.57 Å². The van der Waals surface area contributed by atoms with Crippen molar-refractivity contribution in [2.24, 2.45) is 0 Å². The molecule has 0 fully saturated rings. The predicted molar refractivity (Wildman–Crippen MR) is 64.1 cm³/mol. The van der Waals surface area contributed by atoms with Crippen molar-refractivity contribution in [3.8, 4) is 5.75 Å². The number of aromatic hydroxyl groups is 1. The number of phenolic OH excluding ortho intramolecular Hbond substituents is 1. The van der Waals surface area contributed by atoms with Crippen molar-refractivity contribution in [3.05, 3.63) is 27.3 Å². The standard InChI is InChI=1S/C11H15IO/c1-3-4-8(2)9-5-6-10(12)11(13)7-9/h5-8,13H,3-4H2,1-2H3. The zero-order valence-corrected chi connectivity index (χ0v) is 10.2. The zero-order chi connectivity index (χ0) is 9.84. The summed E-state index contributed by atoms with van der Waals surface area (Å²) in [5.41, 5.74) is 1.24. The summed E-state index contributed by atoms with van der Waals surface area (Å²) in [6, 6.07) is 5.95. The van der Waals surface area contributed by atoms with Crippen molar-refractivity contribution in [2.75, 3.05) is 0 Å². The highest BCUT2D eigenvalue weighted by Crippen LogP contribution is 2.27. The molecule has 1 nitrogen and oxygen atoms in total. The monoisotopic (exact) mass is 290 g/mol. The smallest absolute Gasteiger partial charge is 0.129 e. The lowest BCUT2D eigenvalue weighted by atomic mass is 9.96. The molecule has 0 spiro atoms. The Balaban J connectivity index is 2.84. The van der Waals surface area contributed by atoms with Crippen LogP contribution in [0.4, 0.5) is 0 Å². The maximum absolute atomic E-state index is 9.51. The molecule has 1 unspecified atom stereocenters. The molecule has 1 atom stereocenters. The van der Waals surface area contributed by atoms with Crippen LogP contribution in [0.15, 0.2) is 18.2 Å². The molecule has 0 saturated heterocycles. The molecular weight excluding hydrogens is 275 g/mol. The van der Waals surface area contributed by atoms with Crippen molar-refractivity contribution in [3.63, 3.8) is 0 Å². The van der Waals surface area contributed by atoms with Crippen molar-refractivity contribution in [1.82, 2.24) is 0 Å². The lowest BCUT2D eigenvalue weighted by Crippen LogP contribution is -1.92. The molecule has 1 aromatic rings. The van der Waals surface area contributed by atoms with Crippen LogP contribution >= 0.6 is 22.6 Å². The molecule has 0 aliphatic rings. The lowest BCUT2D eigenvalue weighted by Gasteiger charge is -2.10. The molecule has 0 bridgehead atoms. The second-order valence-electron chi connectivity index (χ2n) is 3.40. The van der Waals surface area contributed by atoms with E-state index in [0.29, 0.717) is 11.7 Å². The first-order valence-corrected chi connectivity index (χ1v) is 5.71. The van der Waals surface area contributed by atoms with Crippen LogP contribution in [0.3, 0.4) is 0 Å². The van der Waals surface area contributed by atoms with E-state index in [9.17, 15) is 5.11 Å². The zero-order valence-electron chi connectivity index (χ0n) is 8.05. The highest BCUT2D eigenvalue weighted by molar-refractivity contribution is 14.1. The van der Waals surface area contributed by atoms with Gasteiger partial charge >= 0.3 is 0 Å². The summed E-state index contributed by atoms with van der Waals surface area (Å²) in [6.07, 6.45) is 2.37. The second kappa shape index (κ2) is 4.84. The van der Waals surface area contributed by atoms with Crippen molar-refractivity contribution >= 4 is 22.6 Å². The maximum atomic E-state index is 9.51. The van der Waals surface area contributed by atoms with E-state index in [1.54, 1.807) is 0 Å². The van der Waals surface area contributed by atoms with Crippen LogP contribution in [-0.2, 0) is 0 Å². The van der Waals surface area contributed by atoms with Gasteiger partial charge < -0.3 is 5.11 Å². The van der Waals surface area contributed by atoms with Gasteiger partial charge in [0.25, 0.3) is 0 Å². The fourth-order valence-electron chi connectivity index (χ4n) is 1.44. The van der Waals surface area contributed by atoms with Gasteiger partial charge in [0.15, 0.2) is 0 Å². The molecular formula is C11H15IO. The third-order valence-corrected chi connectivity index (χ3v) is 3.17. The molecule has 72 valence electrons. The van der Waals surface area contributed by atoms with Gasteiger partial charge in [-0.2, -0.15) is 0 Å². The van der Waals surface area contributed by atoms with E-state index >= 15 is 0 Å². The fraction of sp³-hybridized carbons (Fsp3) is 0.455. The summed E-state index contributed by atoms with van der Waals surface area (Å²) in [6.45, 7) is 4.38. The van der Waals surface area contributed by atoms with Gasteiger partial charge in [-0.05, 0) is 52.6 Å². The topological polar surface area (TPSA) is 20.2 Å². The molecule has 0 amide bonds. The average molecular weight is 290 g/mol. The first-order chi connectivity index (χ1) is 6.15. The van der Waals surface area contributed by atoms with Crippen LogP contribution in [0.5, 0.6) is 5.75 Å². The summed E-state index contributed by atoms with van der Waals surface area (Å²) in [4.78, 5) is 0. The van der Waals surface area contributed by atoms with Gasteiger partial charge in [0, 0.05) is 0 Å². The molecule has 0 heterocycles. The van der Waals surface area contributed by atoms with Crippen LogP contribution < -0.4 is 0 Å². The fourth-order valence-corrected chi connectivity index (χ4v) is 1.77. The number of hydrogen-bond donors (Lipinski definition) is 1. The van der Waals surface area contributed by atoms with E-state index in [-0.39, 0.29) is 0 Å². The summed E-state index contributed by atoms with van der Waals surface area (Å²) in [7, 11) is 0. The van der Waals surface area contributed by atoms with E-state index < -0.39 is 0 Å². The number of hydrogen-bond acceptors (Lipinski definition) is 1. The Kier molecular flexibility index (Phi) is 4.03. The third-order valence-electron chi connectivity index (χ3n) is 2.26. The predicted octanol–water partition coefficient (Wildman–Crippen LogP) is 3.90. The minimum absolute atomic E-state index is 0.404. The summed E-state index contributed by atoms with van der Waals surface area (Å²) in [5, 5.41) is 9.51. The quantitative estimate of drug-likeness (QED) is 0.837. The summed E-state index contributed by atoms with van der Waals surface area (Å²) < 4.78 is 0.921. The van der Waals surface area contributed by atoms with Gasteiger partial charge in [-0.3, -0.25) is 0 Å². The number of rotatable bonds is 3. The van der Waals surface area contributed by atoms with E-state index in [0.717, 1.165) is 3.57 Å². The Morgan fingerprint density at radius 2 is 2.15 bits per heavy atom. The summed E-state index contributed by atoms with van der Waals surface area (Å²) in [5.74, 6) is 0.953. The Hall–Kier alpha value is -0.250. The van der Waals surface area contributed by atoms with Crippen LogP contribution in [0.25, 0.3) is 0 Å². The summed E-state index contributed by atoms with van der Waals surface area (Å²) >= 11 is 2.14. The molecule has 13 heavy (non-hydrogen) atoms. The average Bonchev–Trinajstić information content (AvgIpc) is 2.10. The highest BCUT2D eigenvalue weighted by Gasteiger charge is 2.06. The number of phenols is 1. The molecule has 0 aliphatic carbocycles. The molecule has 1 N–H and O–H groups in total. The Labute approximate surface area is 93.3 Å². The maximum Gasteiger partial charge on any atom is 0.129 e. The molecule has 1 rings (SSSR count). The van der Waals surface area contributed by atoms with Gasteiger partial charge in [0.1, 0.15) is 5.75 Å². The molecule has 0 aromatic heterocycles. The van der Waals surface area contributed by atoms with Crippen molar-refractivity contribution in [2.45, 2.75) is 32.6 Å². The molecule has 2 heteroatoms. The Morgan fingerprint density at radius 1 is 1.46 bits per heavy atom. The van der Waals surface area contributed by atoms with Gasteiger partial charge in [-0.15, -0.1) is 0 Å².